The molecule has 26 heavy (non-hydrogen) atoms. The molecule has 1 aromatic rings. The topological polar surface area (TPSA) is 48.0 Å². The Morgan fingerprint density at radius 1 is 1.08 bits per heavy atom. The monoisotopic (exact) mass is 361 g/mol. The first kappa shape index (κ1) is 20.3. The van der Waals surface area contributed by atoms with Gasteiger partial charge in [0.1, 0.15) is 13.2 Å². The summed E-state index contributed by atoms with van der Waals surface area (Å²) in [4.78, 5) is 13.7. The molecule has 2 aliphatic rings. The van der Waals surface area contributed by atoms with Crippen molar-refractivity contribution < 1.29 is 19.0 Å². The van der Waals surface area contributed by atoms with Crippen LogP contribution in [0.25, 0.3) is 0 Å². The number of rotatable bonds is 5. The molecule has 0 atom stereocenters. The largest absolute Gasteiger partial charge is 0.486 e. The van der Waals surface area contributed by atoms with E-state index in [4.69, 9.17) is 14.2 Å². The number of methoxy groups -OCH3 is 1. The Balaban J connectivity index is 0.000000195. The minimum Gasteiger partial charge on any atom is -0.486 e. The SMILES string of the molecule is CCC1=C(CC)CN(C(=O)CCOC)C1.Cc1ccc2c(c1)OCCO2. The van der Waals surface area contributed by atoms with Gasteiger partial charge >= 0.3 is 0 Å². The maximum Gasteiger partial charge on any atom is 0.225 e. The Morgan fingerprint density at radius 3 is 2.27 bits per heavy atom. The quantitative estimate of drug-likeness (QED) is 0.750. The van der Waals surface area contributed by atoms with Gasteiger partial charge in [-0.25, -0.2) is 0 Å². The molecule has 0 spiro atoms. The predicted molar refractivity (Wildman–Crippen MR) is 103 cm³/mol. The van der Waals surface area contributed by atoms with Crippen molar-refractivity contribution in [2.45, 2.75) is 40.0 Å². The third-order valence-electron chi connectivity index (χ3n) is 4.69. The average molecular weight is 361 g/mol. The first-order valence-corrected chi connectivity index (χ1v) is 9.41. The van der Waals surface area contributed by atoms with Gasteiger partial charge in [-0.15, -0.1) is 0 Å². The normalized spacial score (nSPS) is 15.6. The van der Waals surface area contributed by atoms with Gasteiger partial charge in [0.2, 0.25) is 5.91 Å². The second-order valence-electron chi connectivity index (χ2n) is 6.55. The van der Waals surface area contributed by atoms with Crippen LogP contribution < -0.4 is 9.47 Å². The highest BCUT2D eigenvalue weighted by Crippen LogP contribution is 2.30. The molecule has 0 radical (unpaired) electrons. The second-order valence-corrected chi connectivity index (χ2v) is 6.55. The fourth-order valence-corrected chi connectivity index (χ4v) is 3.14. The molecular formula is C21H31NO4. The molecule has 0 N–H and O–H groups in total. The number of carbonyl (C=O) groups is 1. The number of amides is 1. The summed E-state index contributed by atoms with van der Waals surface area (Å²) < 4.78 is 15.6. The van der Waals surface area contributed by atoms with Gasteiger partial charge in [-0.1, -0.05) is 31.1 Å². The van der Waals surface area contributed by atoms with Crippen LogP contribution in [0.2, 0.25) is 0 Å². The lowest BCUT2D eigenvalue weighted by atomic mass is 10.1. The molecule has 1 amide bonds. The van der Waals surface area contributed by atoms with Crippen LogP contribution in [0.15, 0.2) is 29.3 Å². The van der Waals surface area contributed by atoms with Crippen molar-refractivity contribution in [2.75, 3.05) is 40.0 Å². The average Bonchev–Trinajstić information content (AvgIpc) is 3.10. The van der Waals surface area contributed by atoms with Gasteiger partial charge in [0.05, 0.1) is 13.0 Å². The van der Waals surface area contributed by atoms with Gasteiger partial charge < -0.3 is 19.1 Å². The molecule has 0 saturated heterocycles. The fourth-order valence-electron chi connectivity index (χ4n) is 3.14. The highest BCUT2D eigenvalue weighted by molar-refractivity contribution is 5.77. The van der Waals surface area contributed by atoms with E-state index in [1.807, 2.05) is 30.0 Å². The maximum atomic E-state index is 11.7. The van der Waals surface area contributed by atoms with Crippen LogP contribution in [0.4, 0.5) is 0 Å². The van der Waals surface area contributed by atoms with Crippen LogP contribution in [0.1, 0.15) is 38.7 Å². The lowest BCUT2D eigenvalue weighted by Crippen LogP contribution is -2.30. The third-order valence-corrected chi connectivity index (χ3v) is 4.69. The number of nitrogens with zero attached hydrogens (tertiary/aromatic N) is 1. The smallest absolute Gasteiger partial charge is 0.225 e. The zero-order chi connectivity index (χ0) is 18.9. The molecule has 2 aliphatic heterocycles. The molecule has 2 heterocycles. The molecule has 1 aromatic carbocycles. The number of carbonyl (C=O) groups excluding carboxylic acids is 1. The lowest BCUT2D eigenvalue weighted by Gasteiger charge is -2.18. The molecular weight excluding hydrogens is 330 g/mol. The third kappa shape index (κ3) is 5.49. The molecule has 5 nitrogen and oxygen atoms in total. The van der Waals surface area contributed by atoms with Crippen LogP contribution in [0, 0.1) is 6.92 Å². The van der Waals surface area contributed by atoms with E-state index in [-0.39, 0.29) is 5.91 Å². The Hall–Kier alpha value is -2.01. The Labute approximate surface area is 156 Å². The molecule has 3 rings (SSSR count). The zero-order valence-electron chi connectivity index (χ0n) is 16.5. The van der Waals surface area contributed by atoms with E-state index >= 15 is 0 Å². The van der Waals surface area contributed by atoms with Crippen molar-refractivity contribution in [1.82, 2.24) is 4.90 Å². The summed E-state index contributed by atoms with van der Waals surface area (Å²) in [6.45, 7) is 9.88. The minimum absolute atomic E-state index is 0.214. The van der Waals surface area contributed by atoms with Crippen LogP contribution in [0.5, 0.6) is 11.5 Å². The van der Waals surface area contributed by atoms with Crippen molar-refractivity contribution in [3.05, 3.63) is 34.9 Å². The first-order chi connectivity index (χ1) is 12.6. The van der Waals surface area contributed by atoms with Gasteiger partial charge in [0, 0.05) is 20.2 Å². The van der Waals surface area contributed by atoms with E-state index in [2.05, 4.69) is 13.8 Å². The molecule has 0 aromatic heterocycles. The van der Waals surface area contributed by atoms with E-state index in [0.717, 1.165) is 37.4 Å². The van der Waals surface area contributed by atoms with E-state index in [0.29, 0.717) is 26.2 Å². The molecule has 0 aliphatic carbocycles. The fraction of sp³-hybridized carbons (Fsp3) is 0.571. The summed E-state index contributed by atoms with van der Waals surface area (Å²) in [6.07, 6.45) is 2.64. The molecule has 0 fully saturated rings. The number of fused-ring (bicyclic) bond motifs is 1. The van der Waals surface area contributed by atoms with E-state index < -0.39 is 0 Å². The lowest BCUT2D eigenvalue weighted by molar-refractivity contribution is -0.130. The highest BCUT2D eigenvalue weighted by Gasteiger charge is 2.23. The van der Waals surface area contributed by atoms with Crippen molar-refractivity contribution in [1.29, 1.82) is 0 Å². The van der Waals surface area contributed by atoms with E-state index in [1.165, 1.54) is 16.7 Å². The Bertz CT molecular complexity index is 623. The molecule has 0 saturated carbocycles. The van der Waals surface area contributed by atoms with Crippen molar-refractivity contribution >= 4 is 5.91 Å². The number of hydrogen-bond donors (Lipinski definition) is 0. The summed E-state index contributed by atoms with van der Waals surface area (Å²) >= 11 is 0. The number of benzene rings is 1. The predicted octanol–water partition coefficient (Wildman–Crippen LogP) is 3.75. The number of hydrogen-bond acceptors (Lipinski definition) is 4. The first-order valence-electron chi connectivity index (χ1n) is 9.41. The van der Waals surface area contributed by atoms with Crippen LogP contribution in [0.3, 0.4) is 0 Å². The van der Waals surface area contributed by atoms with E-state index in [9.17, 15) is 4.79 Å². The summed E-state index contributed by atoms with van der Waals surface area (Å²) in [5.41, 5.74) is 4.10. The second kappa shape index (κ2) is 10.2. The standard InChI is InChI=1S/C12H21NO2.C9H10O2/c1-4-10-8-13(9-11(10)5-2)12(14)6-7-15-3;1-7-2-3-8-9(6-7)11-5-4-10-8/h4-9H2,1-3H3;2-3,6H,4-5H2,1H3. The van der Waals surface area contributed by atoms with Crippen molar-refractivity contribution in [3.8, 4) is 11.5 Å². The Morgan fingerprint density at radius 2 is 1.69 bits per heavy atom. The van der Waals surface area contributed by atoms with Crippen LogP contribution >= 0.6 is 0 Å². The van der Waals surface area contributed by atoms with Gasteiger partial charge in [-0.2, -0.15) is 0 Å². The van der Waals surface area contributed by atoms with Crippen LogP contribution in [-0.2, 0) is 9.53 Å². The Kier molecular flexibility index (Phi) is 7.98. The molecule has 0 unspecified atom stereocenters. The summed E-state index contributed by atoms with van der Waals surface area (Å²) in [5.74, 6) is 1.95. The summed E-state index contributed by atoms with van der Waals surface area (Å²) in [6, 6.07) is 5.96. The van der Waals surface area contributed by atoms with Gasteiger partial charge in [-0.05, 0) is 37.5 Å². The molecule has 0 bridgehead atoms. The number of aryl methyl sites for hydroxylation is 1. The van der Waals surface area contributed by atoms with Crippen molar-refractivity contribution in [3.63, 3.8) is 0 Å². The van der Waals surface area contributed by atoms with Gasteiger partial charge in [0.15, 0.2) is 11.5 Å². The zero-order valence-corrected chi connectivity index (χ0v) is 16.5. The highest BCUT2D eigenvalue weighted by atomic mass is 16.6. The minimum atomic E-state index is 0.214. The van der Waals surface area contributed by atoms with Gasteiger partial charge in [0.25, 0.3) is 0 Å². The van der Waals surface area contributed by atoms with Crippen LogP contribution in [-0.4, -0.2) is 50.8 Å². The number of ether oxygens (including phenoxy) is 3. The molecule has 5 heteroatoms. The maximum absolute atomic E-state index is 11.7. The van der Waals surface area contributed by atoms with E-state index in [1.54, 1.807) is 7.11 Å². The summed E-state index contributed by atoms with van der Waals surface area (Å²) in [5, 5.41) is 0. The van der Waals surface area contributed by atoms with Gasteiger partial charge in [-0.3, -0.25) is 4.79 Å². The van der Waals surface area contributed by atoms with Crippen molar-refractivity contribution in [2.24, 2.45) is 0 Å². The summed E-state index contributed by atoms with van der Waals surface area (Å²) in [7, 11) is 1.63. The molecule has 144 valence electrons.